The molecule has 1 unspecified atom stereocenters. The molecule has 0 fully saturated rings. The van der Waals surface area contributed by atoms with E-state index in [9.17, 15) is 0 Å². The van der Waals surface area contributed by atoms with Crippen LogP contribution in [-0.2, 0) is 0 Å². The molecule has 0 aliphatic rings. The van der Waals surface area contributed by atoms with Crippen LogP contribution in [0, 0.1) is 6.92 Å². The molecule has 0 N–H and O–H groups in total. The fraction of sp³-hybridized carbons (Fsp3) is 0.188. The maximum atomic E-state index is 4.49. The summed E-state index contributed by atoms with van der Waals surface area (Å²) in [6.45, 7) is 4.35. The van der Waals surface area contributed by atoms with E-state index in [1.54, 1.807) is 0 Å². The van der Waals surface area contributed by atoms with Crippen LogP contribution in [-0.4, -0.2) is 9.55 Å². The van der Waals surface area contributed by atoms with Gasteiger partial charge in [0.1, 0.15) is 0 Å². The molecule has 18 heavy (non-hydrogen) atoms. The van der Waals surface area contributed by atoms with Gasteiger partial charge in [0, 0.05) is 0 Å². The molecule has 1 aromatic heterocycles. The van der Waals surface area contributed by atoms with Gasteiger partial charge in [-0.1, -0.05) is 42.5 Å². The maximum absolute atomic E-state index is 4.49. The SMILES string of the molecule is Cc1cccc2ncn(C(C)c3ccccc3)c12. The molecule has 2 aromatic carbocycles. The Hall–Kier alpha value is -2.09. The monoisotopic (exact) mass is 236 g/mol. The van der Waals surface area contributed by atoms with E-state index in [1.165, 1.54) is 16.6 Å². The van der Waals surface area contributed by atoms with Gasteiger partial charge in [-0.25, -0.2) is 4.98 Å². The molecular weight excluding hydrogens is 220 g/mol. The topological polar surface area (TPSA) is 17.8 Å². The zero-order valence-electron chi connectivity index (χ0n) is 10.7. The van der Waals surface area contributed by atoms with Crippen molar-refractivity contribution in [2.24, 2.45) is 0 Å². The molecule has 0 spiro atoms. The second kappa shape index (κ2) is 4.30. The summed E-state index contributed by atoms with van der Waals surface area (Å²) in [5.74, 6) is 0. The summed E-state index contributed by atoms with van der Waals surface area (Å²) in [5.41, 5.74) is 4.87. The molecule has 0 aliphatic carbocycles. The third kappa shape index (κ3) is 1.70. The molecule has 1 heterocycles. The van der Waals surface area contributed by atoms with Gasteiger partial charge in [-0.3, -0.25) is 0 Å². The van der Waals surface area contributed by atoms with Gasteiger partial charge in [0.05, 0.1) is 23.4 Å². The van der Waals surface area contributed by atoms with Crippen LogP contribution >= 0.6 is 0 Å². The highest BCUT2D eigenvalue weighted by Gasteiger charge is 2.12. The minimum atomic E-state index is 0.303. The zero-order chi connectivity index (χ0) is 12.5. The first kappa shape index (κ1) is 11.0. The highest BCUT2D eigenvalue weighted by Crippen LogP contribution is 2.25. The molecule has 0 bridgehead atoms. The smallest absolute Gasteiger partial charge is 0.0964 e. The van der Waals surface area contributed by atoms with E-state index in [1.807, 2.05) is 12.4 Å². The number of imidazole rings is 1. The Bertz CT molecular complexity index is 668. The molecule has 0 saturated heterocycles. The van der Waals surface area contributed by atoms with Gasteiger partial charge in [-0.15, -0.1) is 0 Å². The summed E-state index contributed by atoms with van der Waals surface area (Å²) in [5, 5.41) is 0. The highest BCUT2D eigenvalue weighted by molar-refractivity contribution is 5.79. The lowest BCUT2D eigenvalue weighted by atomic mass is 10.1. The molecule has 2 heteroatoms. The number of hydrogen-bond acceptors (Lipinski definition) is 1. The molecule has 0 aliphatic heterocycles. The van der Waals surface area contributed by atoms with Crippen LogP contribution in [0.1, 0.15) is 24.1 Å². The fourth-order valence-electron chi connectivity index (χ4n) is 2.45. The zero-order valence-corrected chi connectivity index (χ0v) is 10.7. The van der Waals surface area contributed by atoms with Crippen molar-refractivity contribution in [3.8, 4) is 0 Å². The van der Waals surface area contributed by atoms with Crippen LogP contribution in [0.25, 0.3) is 11.0 Å². The molecule has 1 atom stereocenters. The quantitative estimate of drug-likeness (QED) is 0.658. The lowest BCUT2D eigenvalue weighted by Gasteiger charge is -2.15. The van der Waals surface area contributed by atoms with Gasteiger partial charge in [-0.2, -0.15) is 0 Å². The molecule has 0 radical (unpaired) electrons. The number of hydrogen-bond donors (Lipinski definition) is 0. The van der Waals surface area contributed by atoms with E-state index in [0.717, 1.165) is 5.52 Å². The molecular formula is C16H16N2. The molecule has 3 rings (SSSR count). The van der Waals surface area contributed by atoms with Gasteiger partial charge >= 0.3 is 0 Å². The highest BCUT2D eigenvalue weighted by atomic mass is 15.1. The van der Waals surface area contributed by atoms with Crippen LogP contribution in [0.4, 0.5) is 0 Å². The van der Waals surface area contributed by atoms with E-state index < -0.39 is 0 Å². The number of benzene rings is 2. The maximum Gasteiger partial charge on any atom is 0.0964 e. The second-order valence-electron chi connectivity index (χ2n) is 4.68. The van der Waals surface area contributed by atoms with Crippen molar-refractivity contribution in [3.63, 3.8) is 0 Å². The standard InChI is InChI=1S/C16H16N2/c1-12-7-6-10-15-16(12)18(11-17-15)13(2)14-8-4-3-5-9-14/h3-11,13H,1-2H3. The predicted molar refractivity (Wildman–Crippen MR) is 74.7 cm³/mol. The van der Waals surface area contributed by atoms with E-state index in [2.05, 4.69) is 65.9 Å². The summed E-state index contributed by atoms with van der Waals surface area (Å²) in [6, 6.07) is 17.1. The summed E-state index contributed by atoms with van der Waals surface area (Å²) in [6.07, 6.45) is 1.94. The number of fused-ring (bicyclic) bond motifs is 1. The van der Waals surface area contributed by atoms with Gasteiger partial charge < -0.3 is 4.57 Å². The van der Waals surface area contributed by atoms with Gasteiger partial charge in [0.15, 0.2) is 0 Å². The van der Waals surface area contributed by atoms with E-state index in [0.29, 0.717) is 6.04 Å². The Morgan fingerprint density at radius 3 is 2.56 bits per heavy atom. The van der Waals surface area contributed by atoms with Gasteiger partial charge in [0.2, 0.25) is 0 Å². The van der Waals surface area contributed by atoms with Crippen molar-refractivity contribution in [1.29, 1.82) is 0 Å². The average Bonchev–Trinajstić information content (AvgIpc) is 2.84. The van der Waals surface area contributed by atoms with Crippen molar-refractivity contribution in [3.05, 3.63) is 66.0 Å². The predicted octanol–water partition coefficient (Wildman–Crippen LogP) is 3.95. The first-order valence-electron chi connectivity index (χ1n) is 6.24. The third-order valence-electron chi connectivity index (χ3n) is 3.50. The first-order chi connectivity index (χ1) is 8.77. The average molecular weight is 236 g/mol. The summed E-state index contributed by atoms with van der Waals surface area (Å²) < 4.78 is 2.25. The van der Waals surface area contributed by atoms with Gasteiger partial charge in [-0.05, 0) is 31.0 Å². The Labute approximate surface area is 107 Å². The first-order valence-corrected chi connectivity index (χ1v) is 6.24. The number of nitrogens with zero attached hydrogens (tertiary/aromatic N) is 2. The van der Waals surface area contributed by atoms with E-state index >= 15 is 0 Å². The van der Waals surface area contributed by atoms with Crippen LogP contribution in [0.5, 0.6) is 0 Å². The van der Waals surface area contributed by atoms with E-state index in [-0.39, 0.29) is 0 Å². The van der Waals surface area contributed by atoms with Crippen molar-refractivity contribution >= 4 is 11.0 Å². The summed E-state index contributed by atoms with van der Waals surface area (Å²) >= 11 is 0. The van der Waals surface area contributed by atoms with Crippen LogP contribution in [0.3, 0.4) is 0 Å². The van der Waals surface area contributed by atoms with Crippen LogP contribution in [0.15, 0.2) is 54.9 Å². The summed E-state index contributed by atoms with van der Waals surface area (Å²) in [4.78, 5) is 4.49. The van der Waals surface area contributed by atoms with Crippen LogP contribution < -0.4 is 0 Å². The Morgan fingerprint density at radius 1 is 1.00 bits per heavy atom. The van der Waals surface area contributed by atoms with Crippen LogP contribution in [0.2, 0.25) is 0 Å². The van der Waals surface area contributed by atoms with Crippen molar-refractivity contribution in [1.82, 2.24) is 9.55 Å². The van der Waals surface area contributed by atoms with Crippen molar-refractivity contribution in [2.75, 3.05) is 0 Å². The molecule has 0 saturated carbocycles. The minimum Gasteiger partial charge on any atom is -0.323 e. The molecule has 90 valence electrons. The largest absolute Gasteiger partial charge is 0.323 e. The van der Waals surface area contributed by atoms with E-state index in [4.69, 9.17) is 0 Å². The number of aromatic nitrogens is 2. The van der Waals surface area contributed by atoms with Crippen molar-refractivity contribution in [2.45, 2.75) is 19.9 Å². The molecule has 3 aromatic rings. The Balaban J connectivity index is 2.15. The molecule has 0 amide bonds. The summed E-state index contributed by atoms with van der Waals surface area (Å²) in [7, 11) is 0. The Kier molecular flexibility index (Phi) is 2.63. The Morgan fingerprint density at radius 2 is 1.78 bits per heavy atom. The lowest BCUT2D eigenvalue weighted by molar-refractivity contribution is 0.657. The van der Waals surface area contributed by atoms with Gasteiger partial charge in [0.25, 0.3) is 0 Å². The second-order valence-corrected chi connectivity index (χ2v) is 4.68. The number of para-hydroxylation sites is 1. The molecule has 2 nitrogen and oxygen atoms in total. The third-order valence-corrected chi connectivity index (χ3v) is 3.50. The number of rotatable bonds is 2. The normalized spacial score (nSPS) is 12.8. The number of aryl methyl sites for hydroxylation is 1. The lowest BCUT2D eigenvalue weighted by Crippen LogP contribution is -2.05. The van der Waals surface area contributed by atoms with Crippen molar-refractivity contribution < 1.29 is 0 Å². The fourth-order valence-corrected chi connectivity index (χ4v) is 2.45. The minimum absolute atomic E-state index is 0.303.